The van der Waals surface area contributed by atoms with Crippen molar-refractivity contribution < 1.29 is 0 Å². The molecule has 0 spiro atoms. The Bertz CT molecular complexity index is 268. The molecule has 4 unspecified atom stereocenters. The minimum atomic E-state index is 0.797. The number of piperidine rings is 1. The Morgan fingerprint density at radius 3 is 2.53 bits per heavy atom. The number of hydrogen-bond donors (Lipinski definition) is 2. The molecule has 2 N–H and O–H groups in total. The smallest absolute Gasteiger partial charge is 0.0110 e. The van der Waals surface area contributed by atoms with Crippen LogP contribution in [-0.4, -0.2) is 25.2 Å². The molecule has 1 heterocycles. The maximum absolute atomic E-state index is 3.95. The van der Waals surface area contributed by atoms with Crippen molar-refractivity contribution in [3.05, 3.63) is 0 Å². The molecule has 4 atom stereocenters. The van der Waals surface area contributed by atoms with E-state index in [1.807, 2.05) is 0 Å². The minimum absolute atomic E-state index is 0.797. The van der Waals surface area contributed by atoms with Crippen molar-refractivity contribution in [3.63, 3.8) is 0 Å². The average Bonchev–Trinajstić information content (AvgIpc) is 3.31. The summed E-state index contributed by atoms with van der Waals surface area (Å²) < 4.78 is 0. The van der Waals surface area contributed by atoms with E-state index >= 15 is 0 Å². The van der Waals surface area contributed by atoms with Crippen LogP contribution < -0.4 is 10.6 Å². The van der Waals surface area contributed by atoms with Crippen molar-refractivity contribution in [2.75, 3.05) is 13.1 Å². The van der Waals surface area contributed by atoms with Crippen molar-refractivity contribution in [1.82, 2.24) is 10.6 Å². The molecule has 0 bridgehead atoms. The standard InChI is InChI=1S/C17H32N2/c1-13(14-9-10-14)12-19-17-7-3-2-6-15(17)16-8-4-5-11-18-16/h13-19H,2-12H2,1H3. The van der Waals surface area contributed by atoms with Gasteiger partial charge in [0.2, 0.25) is 0 Å². The van der Waals surface area contributed by atoms with E-state index < -0.39 is 0 Å². The highest BCUT2D eigenvalue weighted by atomic mass is 15.0. The van der Waals surface area contributed by atoms with Gasteiger partial charge in [-0.25, -0.2) is 0 Å². The van der Waals surface area contributed by atoms with Crippen LogP contribution in [0.5, 0.6) is 0 Å². The highest BCUT2D eigenvalue weighted by Crippen LogP contribution is 2.37. The predicted molar refractivity (Wildman–Crippen MR) is 81.3 cm³/mol. The summed E-state index contributed by atoms with van der Waals surface area (Å²) in [5.41, 5.74) is 0. The number of rotatable bonds is 5. The second-order valence-corrected chi connectivity index (χ2v) is 7.33. The second-order valence-electron chi connectivity index (χ2n) is 7.33. The molecule has 3 rings (SSSR count). The summed E-state index contributed by atoms with van der Waals surface area (Å²) in [4.78, 5) is 0. The van der Waals surface area contributed by atoms with E-state index in [2.05, 4.69) is 17.6 Å². The zero-order valence-electron chi connectivity index (χ0n) is 12.7. The molecule has 0 aromatic heterocycles. The van der Waals surface area contributed by atoms with E-state index in [9.17, 15) is 0 Å². The van der Waals surface area contributed by atoms with Gasteiger partial charge in [0.25, 0.3) is 0 Å². The fraction of sp³-hybridized carbons (Fsp3) is 1.00. The lowest BCUT2D eigenvalue weighted by Gasteiger charge is -2.40. The third-order valence-electron chi connectivity index (χ3n) is 5.81. The summed E-state index contributed by atoms with van der Waals surface area (Å²) in [7, 11) is 0. The number of hydrogen-bond acceptors (Lipinski definition) is 2. The molecular formula is C17H32N2. The lowest BCUT2D eigenvalue weighted by Crippen LogP contribution is -2.51. The van der Waals surface area contributed by atoms with Gasteiger partial charge in [0.1, 0.15) is 0 Å². The van der Waals surface area contributed by atoms with Crippen LogP contribution in [-0.2, 0) is 0 Å². The zero-order chi connectivity index (χ0) is 13.1. The average molecular weight is 264 g/mol. The third kappa shape index (κ3) is 3.72. The van der Waals surface area contributed by atoms with E-state index in [1.165, 1.54) is 70.9 Å². The molecule has 19 heavy (non-hydrogen) atoms. The summed E-state index contributed by atoms with van der Waals surface area (Å²) in [6.07, 6.45) is 13.0. The van der Waals surface area contributed by atoms with Crippen LogP contribution in [0, 0.1) is 17.8 Å². The van der Waals surface area contributed by atoms with Crippen LogP contribution in [0.25, 0.3) is 0 Å². The topological polar surface area (TPSA) is 24.1 Å². The van der Waals surface area contributed by atoms with Gasteiger partial charge in [0, 0.05) is 12.1 Å². The Balaban J connectivity index is 1.50. The van der Waals surface area contributed by atoms with Gasteiger partial charge < -0.3 is 10.6 Å². The lowest BCUT2D eigenvalue weighted by atomic mass is 9.77. The summed E-state index contributed by atoms with van der Waals surface area (Å²) in [6, 6.07) is 1.60. The fourth-order valence-electron chi connectivity index (χ4n) is 4.31. The van der Waals surface area contributed by atoms with Gasteiger partial charge >= 0.3 is 0 Å². The molecular weight excluding hydrogens is 232 g/mol. The first kappa shape index (κ1) is 13.9. The molecule has 0 aromatic rings. The SMILES string of the molecule is CC(CNC1CCCCC1C1CCCCN1)C1CC1. The summed E-state index contributed by atoms with van der Waals surface area (Å²) in [6.45, 7) is 4.96. The van der Waals surface area contributed by atoms with Crippen molar-refractivity contribution in [1.29, 1.82) is 0 Å². The van der Waals surface area contributed by atoms with Crippen LogP contribution in [0.1, 0.15) is 64.7 Å². The van der Waals surface area contributed by atoms with Gasteiger partial charge in [-0.3, -0.25) is 0 Å². The third-order valence-corrected chi connectivity index (χ3v) is 5.81. The normalized spacial score (nSPS) is 38.1. The minimum Gasteiger partial charge on any atom is -0.314 e. The highest BCUT2D eigenvalue weighted by Gasteiger charge is 2.33. The van der Waals surface area contributed by atoms with E-state index in [0.29, 0.717) is 0 Å². The maximum atomic E-state index is 3.95. The van der Waals surface area contributed by atoms with E-state index in [0.717, 1.165) is 29.8 Å². The van der Waals surface area contributed by atoms with E-state index in [1.54, 1.807) is 0 Å². The molecule has 3 aliphatic rings. The second kappa shape index (κ2) is 6.58. The van der Waals surface area contributed by atoms with Gasteiger partial charge in [0.05, 0.1) is 0 Å². The quantitative estimate of drug-likeness (QED) is 0.796. The van der Waals surface area contributed by atoms with Crippen molar-refractivity contribution in [2.45, 2.75) is 76.8 Å². The summed E-state index contributed by atoms with van der Waals surface area (Å²) in [5.74, 6) is 2.85. The predicted octanol–water partition coefficient (Wildman–Crippen LogP) is 3.32. The van der Waals surface area contributed by atoms with Crippen molar-refractivity contribution in [2.24, 2.45) is 17.8 Å². The van der Waals surface area contributed by atoms with Gasteiger partial charge in [-0.1, -0.05) is 26.2 Å². The van der Waals surface area contributed by atoms with E-state index in [-0.39, 0.29) is 0 Å². The monoisotopic (exact) mass is 264 g/mol. The first-order chi connectivity index (χ1) is 9.34. The maximum Gasteiger partial charge on any atom is 0.0110 e. The lowest BCUT2D eigenvalue weighted by molar-refractivity contribution is 0.177. The molecule has 110 valence electrons. The van der Waals surface area contributed by atoms with E-state index in [4.69, 9.17) is 0 Å². The Labute approximate surface area is 119 Å². The van der Waals surface area contributed by atoms with Crippen LogP contribution in [0.3, 0.4) is 0 Å². The molecule has 0 radical (unpaired) electrons. The molecule has 0 amide bonds. The molecule has 2 aliphatic carbocycles. The Morgan fingerprint density at radius 1 is 1.00 bits per heavy atom. The summed E-state index contributed by atoms with van der Waals surface area (Å²) >= 11 is 0. The van der Waals surface area contributed by atoms with Gasteiger partial charge in [0.15, 0.2) is 0 Å². The van der Waals surface area contributed by atoms with Gasteiger partial charge in [-0.15, -0.1) is 0 Å². The van der Waals surface area contributed by atoms with Crippen LogP contribution in [0.4, 0.5) is 0 Å². The number of nitrogens with one attached hydrogen (secondary N) is 2. The Morgan fingerprint density at radius 2 is 1.79 bits per heavy atom. The van der Waals surface area contributed by atoms with Gasteiger partial charge in [-0.05, 0) is 69.4 Å². The molecule has 3 fully saturated rings. The largest absolute Gasteiger partial charge is 0.314 e. The summed E-state index contributed by atoms with van der Waals surface area (Å²) in [5, 5.41) is 7.75. The Hall–Kier alpha value is -0.0800. The van der Waals surface area contributed by atoms with Crippen LogP contribution in [0.15, 0.2) is 0 Å². The first-order valence-corrected chi connectivity index (χ1v) is 8.81. The van der Waals surface area contributed by atoms with Gasteiger partial charge in [-0.2, -0.15) is 0 Å². The highest BCUT2D eigenvalue weighted by molar-refractivity contribution is 4.91. The molecule has 1 aliphatic heterocycles. The fourth-order valence-corrected chi connectivity index (χ4v) is 4.31. The molecule has 0 aromatic carbocycles. The molecule has 1 saturated heterocycles. The molecule has 2 saturated carbocycles. The molecule has 2 heteroatoms. The Kier molecular flexibility index (Phi) is 4.81. The first-order valence-electron chi connectivity index (χ1n) is 8.81. The zero-order valence-corrected chi connectivity index (χ0v) is 12.7. The van der Waals surface area contributed by atoms with Crippen LogP contribution >= 0.6 is 0 Å². The van der Waals surface area contributed by atoms with Crippen LogP contribution in [0.2, 0.25) is 0 Å². The molecule has 2 nitrogen and oxygen atoms in total. The van der Waals surface area contributed by atoms with Crippen molar-refractivity contribution in [3.8, 4) is 0 Å². The van der Waals surface area contributed by atoms with Crippen molar-refractivity contribution >= 4 is 0 Å².